The molecule has 1 aromatic carbocycles. The third-order valence-corrected chi connectivity index (χ3v) is 3.79. The van der Waals surface area contributed by atoms with Crippen molar-refractivity contribution in [2.45, 2.75) is 6.92 Å². The van der Waals surface area contributed by atoms with Crippen LogP contribution < -0.4 is 20.9 Å². The number of methoxy groups -OCH3 is 1. The van der Waals surface area contributed by atoms with Crippen molar-refractivity contribution in [2.75, 3.05) is 17.9 Å². The summed E-state index contributed by atoms with van der Waals surface area (Å²) >= 11 is 0. The van der Waals surface area contributed by atoms with Crippen molar-refractivity contribution >= 4 is 29.0 Å². The number of nitrogens with one attached hydrogen (secondary N) is 3. The molecule has 0 aliphatic carbocycles. The van der Waals surface area contributed by atoms with Gasteiger partial charge in [0.25, 0.3) is 5.91 Å². The highest BCUT2D eigenvalue weighted by Crippen LogP contribution is 2.30. The van der Waals surface area contributed by atoms with Crippen molar-refractivity contribution in [2.24, 2.45) is 0 Å². The molecular formula is C18H17N7O4. The molecule has 3 rings (SSSR count). The SMILES string of the molecule is COc1ccc(C(=O)NNc2ncnc(Nc3cccc(C)n3)c2[N+](=O)[O-])cc1. The maximum Gasteiger partial charge on any atom is 0.355 e. The Labute approximate surface area is 165 Å². The number of hydrazine groups is 1. The van der Waals surface area contributed by atoms with Crippen LogP contribution in [-0.4, -0.2) is 32.9 Å². The molecule has 0 aliphatic rings. The van der Waals surface area contributed by atoms with E-state index in [2.05, 4.69) is 31.1 Å². The average molecular weight is 395 g/mol. The number of nitrogens with zero attached hydrogens (tertiary/aromatic N) is 4. The zero-order chi connectivity index (χ0) is 20.8. The zero-order valence-electron chi connectivity index (χ0n) is 15.5. The van der Waals surface area contributed by atoms with Crippen molar-refractivity contribution < 1.29 is 14.5 Å². The van der Waals surface area contributed by atoms with Crippen LogP contribution in [0.15, 0.2) is 48.8 Å². The number of carbonyl (C=O) groups excluding carboxylic acids is 1. The third kappa shape index (κ3) is 4.71. The Balaban J connectivity index is 1.79. The van der Waals surface area contributed by atoms with Gasteiger partial charge in [-0.15, -0.1) is 0 Å². The molecule has 0 fully saturated rings. The number of rotatable bonds is 7. The molecule has 3 N–H and O–H groups in total. The van der Waals surface area contributed by atoms with Crippen LogP contribution in [0.3, 0.4) is 0 Å². The van der Waals surface area contributed by atoms with Crippen LogP contribution in [0.2, 0.25) is 0 Å². The Morgan fingerprint density at radius 2 is 1.83 bits per heavy atom. The van der Waals surface area contributed by atoms with Gasteiger partial charge in [0.05, 0.1) is 12.0 Å². The molecule has 0 unspecified atom stereocenters. The lowest BCUT2D eigenvalue weighted by atomic mass is 10.2. The summed E-state index contributed by atoms with van der Waals surface area (Å²) in [6, 6.07) is 11.6. The van der Waals surface area contributed by atoms with E-state index < -0.39 is 16.5 Å². The number of hydrogen-bond donors (Lipinski definition) is 3. The number of amides is 1. The molecule has 2 aromatic heterocycles. The molecule has 0 atom stereocenters. The van der Waals surface area contributed by atoms with E-state index in [9.17, 15) is 14.9 Å². The largest absolute Gasteiger partial charge is 0.497 e. The number of anilines is 3. The summed E-state index contributed by atoms with van der Waals surface area (Å²) in [5, 5.41) is 14.4. The minimum absolute atomic E-state index is 0.0655. The van der Waals surface area contributed by atoms with Gasteiger partial charge in [0.1, 0.15) is 17.9 Å². The quantitative estimate of drug-likeness (QED) is 0.406. The molecule has 148 valence electrons. The molecule has 11 nitrogen and oxygen atoms in total. The van der Waals surface area contributed by atoms with Crippen molar-refractivity contribution in [1.29, 1.82) is 0 Å². The number of carbonyl (C=O) groups is 1. The molecule has 3 aromatic rings. The maximum absolute atomic E-state index is 12.3. The Kier molecular flexibility index (Phi) is 5.78. The van der Waals surface area contributed by atoms with Crippen LogP contribution in [0, 0.1) is 17.0 Å². The van der Waals surface area contributed by atoms with Gasteiger partial charge in [-0.05, 0) is 43.3 Å². The number of aromatic nitrogens is 3. The number of hydrogen-bond acceptors (Lipinski definition) is 9. The highest BCUT2D eigenvalue weighted by Gasteiger charge is 2.24. The maximum atomic E-state index is 12.3. The summed E-state index contributed by atoms with van der Waals surface area (Å²) in [5.41, 5.74) is 5.48. The molecule has 2 heterocycles. The predicted molar refractivity (Wildman–Crippen MR) is 105 cm³/mol. The second kappa shape index (κ2) is 8.61. The minimum atomic E-state index is -0.653. The van der Waals surface area contributed by atoms with Gasteiger partial charge in [-0.2, -0.15) is 0 Å². The van der Waals surface area contributed by atoms with Gasteiger partial charge in [0, 0.05) is 11.3 Å². The Morgan fingerprint density at radius 3 is 2.48 bits per heavy atom. The first-order valence-corrected chi connectivity index (χ1v) is 8.38. The first kappa shape index (κ1) is 19.5. The van der Waals surface area contributed by atoms with Crippen molar-refractivity contribution in [3.63, 3.8) is 0 Å². The molecule has 0 spiro atoms. The Morgan fingerprint density at radius 1 is 1.10 bits per heavy atom. The van der Waals surface area contributed by atoms with Crippen molar-refractivity contribution in [3.8, 4) is 5.75 Å². The third-order valence-electron chi connectivity index (χ3n) is 3.79. The van der Waals surface area contributed by atoms with Crippen LogP contribution in [0.4, 0.5) is 23.1 Å². The van der Waals surface area contributed by atoms with Gasteiger partial charge in [-0.1, -0.05) is 6.07 Å². The number of ether oxygens (including phenoxy) is 1. The van der Waals surface area contributed by atoms with Gasteiger partial charge in [0.15, 0.2) is 0 Å². The fraction of sp³-hybridized carbons (Fsp3) is 0.111. The molecule has 11 heteroatoms. The van der Waals surface area contributed by atoms with Crippen molar-refractivity contribution in [3.05, 3.63) is 70.2 Å². The van der Waals surface area contributed by atoms with Crippen LogP contribution in [0.5, 0.6) is 5.75 Å². The number of nitro groups is 1. The fourth-order valence-corrected chi connectivity index (χ4v) is 2.40. The monoisotopic (exact) mass is 395 g/mol. The molecular weight excluding hydrogens is 378 g/mol. The number of pyridine rings is 1. The van der Waals surface area contributed by atoms with Gasteiger partial charge in [0.2, 0.25) is 11.6 Å². The Hall–Kier alpha value is -4.28. The van der Waals surface area contributed by atoms with Crippen LogP contribution >= 0.6 is 0 Å². The average Bonchev–Trinajstić information content (AvgIpc) is 2.72. The second-order valence-electron chi connectivity index (χ2n) is 5.77. The molecule has 1 amide bonds. The van der Waals surface area contributed by atoms with E-state index in [0.717, 1.165) is 12.0 Å². The highest BCUT2D eigenvalue weighted by molar-refractivity contribution is 5.95. The summed E-state index contributed by atoms with van der Waals surface area (Å²) in [5.74, 6) is 0.239. The summed E-state index contributed by atoms with van der Waals surface area (Å²) in [6.45, 7) is 1.79. The molecule has 0 aliphatic heterocycles. The normalized spacial score (nSPS) is 10.1. The van der Waals surface area contributed by atoms with Crippen LogP contribution in [-0.2, 0) is 0 Å². The lowest BCUT2D eigenvalue weighted by molar-refractivity contribution is -0.383. The van der Waals surface area contributed by atoms with Crippen LogP contribution in [0.25, 0.3) is 0 Å². The van der Waals surface area contributed by atoms with E-state index in [-0.39, 0.29) is 11.6 Å². The van der Waals surface area contributed by atoms with E-state index in [1.54, 1.807) is 49.4 Å². The summed E-state index contributed by atoms with van der Waals surface area (Å²) < 4.78 is 5.04. The first-order chi connectivity index (χ1) is 14.0. The lowest BCUT2D eigenvalue weighted by Crippen LogP contribution is -2.30. The van der Waals surface area contributed by atoms with Gasteiger partial charge in [-0.25, -0.2) is 15.0 Å². The number of benzene rings is 1. The summed E-state index contributed by atoms with van der Waals surface area (Å²) in [6.07, 6.45) is 1.13. The fourth-order valence-electron chi connectivity index (χ4n) is 2.40. The van der Waals surface area contributed by atoms with E-state index >= 15 is 0 Å². The summed E-state index contributed by atoms with van der Waals surface area (Å²) in [7, 11) is 1.52. The van der Waals surface area contributed by atoms with E-state index in [0.29, 0.717) is 17.1 Å². The van der Waals surface area contributed by atoms with E-state index in [1.165, 1.54) is 7.11 Å². The van der Waals surface area contributed by atoms with Crippen LogP contribution in [0.1, 0.15) is 16.1 Å². The number of aryl methyl sites for hydroxylation is 1. The standard InChI is InChI=1S/C18H17N7O4/c1-11-4-3-5-14(21-11)22-16-15(25(27)28)17(20-10-19-16)23-24-18(26)12-6-8-13(29-2)9-7-12/h3-10H,1-2H3,(H,24,26)(H2,19,20,21,22,23). The summed E-state index contributed by atoms with van der Waals surface area (Å²) in [4.78, 5) is 35.2. The Bertz CT molecular complexity index is 1040. The van der Waals surface area contributed by atoms with Gasteiger partial charge in [-0.3, -0.25) is 25.8 Å². The smallest absolute Gasteiger partial charge is 0.355 e. The van der Waals surface area contributed by atoms with Gasteiger partial charge < -0.3 is 10.1 Å². The topological polar surface area (TPSA) is 144 Å². The van der Waals surface area contributed by atoms with E-state index in [1.807, 2.05) is 0 Å². The minimum Gasteiger partial charge on any atom is -0.497 e. The molecule has 0 bridgehead atoms. The highest BCUT2D eigenvalue weighted by atomic mass is 16.6. The lowest BCUT2D eigenvalue weighted by Gasteiger charge is -2.11. The first-order valence-electron chi connectivity index (χ1n) is 8.38. The molecule has 29 heavy (non-hydrogen) atoms. The second-order valence-corrected chi connectivity index (χ2v) is 5.77. The molecule has 0 radical (unpaired) electrons. The van der Waals surface area contributed by atoms with E-state index in [4.69, 9.17) is 4.74 Å². The van der Waals surface area contributed by atoms with Gasteiger partial charge >= 0.3 is 5.69 Å². The molecule has 0 saturated carbocycles. The van der Waals surface area contributed by atoms with Crippen molar-refractivity contribution in [1.82, 2.24) is 20.4 Å². The molecule has 0 saturated heterocycles. The predicted octanol–water partition coefficient (Wildman–Crippen LogP) is 2.60. The zero-order valence-corrected chi connectivity index (χ0v) is 15.5.